The second-order valence-electron chi connectivity index (χ2n) is 4.45. The number of carbonyl (C=O) groups is 1. The maximum atomic E-state index is 11.6. The lowest BCUT2D eigenvalue weighted by Crippen LogP contribution is -2.00. The van der Waals surface area contributed by atoms with E-state index in [1.54, 1.807) is 24.3 Å². The molecule has 2 aromatic carbocycles. The van der Waals surface area contributed by atoms with E-state index in [2.05, 4.69) is 47.8 Å². The first-order valence-corrected chi connectivity index (χ1v) is 8.52. The highest BCUT2D eigenvalue weighted by atomic mass is 79.9. The summed E-state index contributed by atoms with van der Waals surface area (Å²) in [4.78, 5) is 22.2. The second-order valence-corrected chi connectivity index (χ2v) is 7.08. The Labute approximate surface area is 156 Å². The molecule has 0 fully saturated rings. The van der Waals surface area contributed by atoms with Crippen LogP contribution < -0.4 is 0 Å². The zero-order valence-electron chi connectivity index (χ0n) is 11.3. The first-order chi connectivity index (χ1) is 10.8. The van der Waals surface area contributed by atoms with Crippen molar-refractivity contribution in [2.24, 2.45) is 0 Å². The van der Waals surface area contributed by atoms with Gasteiger partial charge >= 0.3 is 5.97 Å². The highest BCUT2D eigenvalue weighted by Crippen LogP contribution is 2.33. The van der Waals surface area contributed by atoms with E-state index in [1.165, 1.54) is 18.2 Å². The van der Waals surface area contributed by atoms with Crippen LogP contribution in [0, 0.1) is 10.1 Å². The van der Waals surface area contributed by atoms with Crippen molar-refractivity contribution in [2.75, 3.05) is 0 Å². The number of aliphatic carboxylic acids is 1. The first-order valence-electron chi connectivity index (χ1n) is 6.14. The summed E-state index contributed by atoms with van der Waals surface area (Å²) in [6.07, 6.45) is 1.29. The molecule has 0 aliphatic rings. The number of nitro groups is 1. The molecule has 0 aliphatic heterocycles. The lowest BCUT2D eigenvalue weighted by atomic mass is 10.0. The van der Waals surface area contributed by atoms with Crippen LogP contribution >= 0.6 is 47.8 Å². The van der Waals surface area contributed by atoms with Crippen molar-refractivity contribution in [2.45, 2.75) is 0 Å². The van der Waals surface area contributed by atoms with Crippen molar-refractivity contribution in [3.05, 3.63) is 71.1 Å². The van der Waals surface area contributed by atoms with Gasteiger partial charge in [0.1, 0.15) is 0 Å². The van der Waals surface area contributed by atoms with E-state index in [4.69, 9.17) is 0 Å². The molecule has 0 heterocycles. The third kappa shape index (κ3) is 4.27. The number of nitro benzene ring substituents is 1. The maximum absolute atomic E-state index is 11.6. The second kappa shape index (κ2) is 7.37. The number of benzene rings is 2. The number of halogens is 3. The minimum Gasteiger partial charge on any atom is -0.478 e. The highest BCUT2D eigenvalue weighted by molar-refractivity contribution is 9.13. The smallest absolute Gasteiger partial charge is 0.336 e. The summed E-state index contributed by atoms with van der Waals surface area (Å²) in [6.45, 7) is 0. The van der Waals surface area contributed by atoms with Crippen LogP contribution in [0.4, 0.5) is 5.69 Å². The number of hydrogen-bond acceptors (Lipinski definition) is 3. The van der Waals surface area contributed by atoms with Gasteiger partial charge in [-0.1, -0.05) is 28.1 Å². The predicted molar refractivity (Wildman–Crippen MR) is 98.1 cm³/mol. The number of nitrogens with zero attached hydrogens (tertiary/aromatic N) is 1. The molecule has 118 valence electrons. The molecular formula is C15H8Br3NO4. The molecule has 8 heteroatoms. The van der Waals surface area contributed by atoms with Gasteiger partial charge in [-0.15, -0.1) is 0 Å². The summed E-state index contributed by atoms with van der Waals surface area (Å²) in [7, 11) is 0. The zero-order valence-corrected chi connectivity index (χ0v) is 16.1. The van der Waals surface area contributed by atoms with Gasteiger partial charge in [0.25, 0.3) is 5.69 Å². The van der Waals surface area contributed by atoms with Gasteiger partial charge in [-0.05, 0) is 61.7 Å². The summed E-state index contributed by atoms with van der Waals surface area (Å²) in [5, 5.41) is 20.6. The van der Waals surface area contributed by atoms with Crippen molar-refractivity contribution in [3.8, 4) is 0 Å². The quantitative estimate of drug-likeness (QED) is 0.257. The van der Waals surface area contributed by atoms with Crippen molar-refractivity contribution in [1.82, 2.24) is 0 Å². The van der Waals surface area contributed by atoms with Crippen LogP contribution in [0.2, 0.25) is 0 Å². The van der Waals surface area contributed by atoms with Gasteiger partial charge in [-0.3, -0.25) is 10.1 Å². The standard InChI is InChI=1S/C15H8Br3NO4/c16-10-3-1-8(2-4-10)11(15(20)21)5-9-6-12(17)13(18)7-14(9)19(22)23/h1-7H,(H,20,21)/b11-5+. The zero-order chi connectivity index (χ0) is 17.1. The summed E-state index contributed by atoms with van der Waals surface area (Å²) >= 11 is 9.75. The Morgan fingerprint density at radius 2 is 1.65 bits per heavy atom. The topological polar surface area (TPSA) is 80.4 Å². The predicted octanol–water partition coefficient (Wildman–Crippen LogP) is 5.51. The molecule has 1 N–H and O–H groups in total. The lowest BCUT2D eigenvalue weighted by molar-refractivity contribution is -0.385. The molecule has 0 saturated heterocycles. The Kier molecular flexibility index (Phi) is 5.72. The van der Waals surface area contributed by atoms with Crippen molar-refractivity contribution in [3.63, 3.8) is 0 Å². The molecule has 5 nitrogen and oxygen atoms in total. The minimum absolute atomic E-state index is 0.0326. The molecule has 0 aliphatic carbocycles. The Morgan fingerprint density at radius 1 is 1.09 bits per heavy atom. The Bertz CT molecular complexity index is 816. The largest absolute Gasteiger partial charge is 0.478 e. The molecule has 0 radical (unpaired) electrons. The van der Waals surface area contributed by atoms with E-state index in [-0.39, 0.29) is 16.8 Å². The Hall–Kier alpha value is -1.51. The molecule has 0 aromatic heterocycles. The van der Waals surface area contributed by atoms with Crippen molar-refractivity contribution >= 4 is 71.1 Å². The van der Waals surface area contributed by atoms with Crippen molar-refractivity contribution in [1.29, 1.82) is 0 Å². The fraction of sp³-hybridized carbons (Fsp3) is 0. The molecule has 0 amide bonds. The van der Waals surface area contributed by atoms with Gasteiger partial charge in [0, 0.05) is 19.5 Å². The van der Waals surface area contributed by atoms with E-state index in [1.807, 2.05) is 0 Å². The molecule has 2 aromatic rings. The van der Waals surface area contributed by atoms with Gasteiger partial charge in [0.2, 0.25) is 0 Å². The number of rotatable bonds is 4. The van der Waals surface area contributed by atoms with Crippen LogP contribution in [0.25, 0.3) is 11.6 Å². The van der Waals surface area contributed by atoms with Crippen LogP contribution in [0.1, 0.15) is 11.1 Å². The fourth-order valence-electron chi connectivity index (χ4n) is 1.88. The van der Waals surface area contributed by atoms with Gasteiger partial charge in [-0.25, -0.2) is 4.79 Å². The molecule has 0 bridgehead atoms. The molecule has 0 unspecified atom stereocenters. The first kappa shape index (κ1) is 17.8. The summed E-state index contributed by atoms with van der Waals surface area (Å²) in [5.74, 6) is -1.17. The number of carboxylic acids is 1. The number of carboxylic acid groups (broad SMARTS) is 1. The normalized spacial score (nSPS) is 11.3. The summed E-state index contributed by atoms with van der Waals surface area (Å²) < 4.78 is 1.92. The Balaban J connectivity index is 2.65. The molecule has 2 rings (SSSR count). The van der Waals surface area contributed by atoms with Gasteiger partial charge in [0.05, 0.1) is 16.1 Å². The van der Waals surface area contributed by atoms with Crippen LogP contribution in [0.3, 0.4) is 0 Å². The molecule has 0 saturated carbocycles. The van der Waals surface area contributed by atoms with Gasteiger partial charge in [-0.2, -0.15) is 0 Å². The van der Waals surface area contributed by atoms with E-state index < -0.39 is 10.9 Å². The third-order valence-electron chi connectivity index (χ3n) is 2.95. The highest BCUT2D eigenvalue weighted by Gasteiger charge is 2.18. The number of hydrogen-bond donors (Lipinski definition) is 1. The maximum Gasteiger partial charge on any atom is 0.336 e. The van der Waals surface area contributed by atoms with Crippen molar-refractivity contribution < 1.29 is 14.8 Å². The lowest BCUT2D eigenvalue weighted by Gasteiger charge is -2.06. The van der Waals surface area contributed by atoms with Crippen LogP contribution in [-0.2, 0) is 4.79 Å². The molecule has 23 heavy (non-hydrogen) atoms. The average Bonchev–Trinajstić information content (AvgIpc) is 2.48. The van der Waals surface area contributed by atoms with E-state index in [0.717, 1.165) is 4.47 Å². The van der Waals surface area contributed by atoms with Crippen LogP contribution in [0.15, 0.2) is 49.8 Å². The summed E-state index contributed by atoms with van der Waals surface area (Å²) in [5.41, 5.74) is 0.435. The SMILES string of the molecule is O=C(O)/C(=C/c1cc(Br)c(Br)cc1[N+](=O)[O-])c1ccc(Br)cc1. The molecule has 0 atom stereocenters. The van der Waals surface area contributed by atoms with Crippen LogP contribution in [0.5, 0.6) is 0 Å². The molecular weight excluding hydrogens is 498 g/mol. The van der Waals surface area contributed by atoms with Gasteiger partial charge < -0.3 is 5.11 Å². The summed E-state index contributed by atoms with van der Waals surface area (Å²) in [6, 6.07) is 9.50. The van der Waals surface area contributed by atoms with Gasteiger partial charge in [0.15, 0.2) is 0 Å². The van der Waals surface area contributed by atoms with E-state index >= 15 is 0 Å². The monoisotopic (exact) mass is 503 g/mol. The van der Waals surface area contributed by atoms with E-state index in [0.29, 0.717) is 14.5 Å². The molecule has 0 spiro atoms. The third-order valence-corrected chi connectivity index (χ3v) is 5.32. The Morgan fingerprint density at radius 3 is 2.17 bits per heavy atom. The fourth-order valence-corrected chi connectivity index (χ4v) is 2.84. The average molecular weight is 506 g/mol. The minimum atomic E-state index is -1.17. The van der Waals surface area contributed by atoms with Crippen LogP contribution in [-0.4, -0.2) is 16.0 Å². The van der Waals surface area contributed by atoms with E-state index in [9.17, 15) is 20.0 Å².